The molecule has 110 valence electrons. The van der Waals surface area contributed by atoms with Gasteiger partial charge in [0.05, 0.1) is 7.11 Å². The van der Waals surface area contributed by atoms with E-state index in [4.69, 9.17) is 9.88 Å². The predicted molar refractivity (Wildman–Crippen MR) is 75.0 cm³/mol. The summed E-state index contributed by atoms with van der Waals surface area (Å²) in [4.78, 5) is 11.9. The SMILES string of the molecule is COc1ccc(NC(=O)C2CCCC2)cc1S(N)(=O)=O. The lowest BCUT2D eigenvalue weighted by Crippen LogP contribution is -2.21. The van der Waals surface area contributed by atoms with E-state index in [0.717, 1.165) is 25.7 Å². The number of carbonyl (C=O) groups excluding carboxylic acids is 1. The van der Waals surface area contributed by atoms with Crippen LogP contribution in [0.5, 0.6) is 5.75 Å². The minimum Gasteiger partial charge on any atom is -0.495 e. The van der Waals surface area contributed by atoms with Crippen molar-refractivity contribution in [2.24, 2.45) is 11.1 Å². The molecule has 3 N–H and O–H groups in total. The number of benzene rings is 1. The highest BCUT2D eigenvalue weighted by atomic mass is 32.2. The Balaban J connectivity index is 2.23. The molecule has 0 unspecified atom stereocenters. The third-order valence-corrected chi connectivity index (χ3v) is 4.40. The highest BCUT2D eigenvalue weighted by molar-refractivity contribution is 7.89. The summed E-state index contributed by atoms with van der Waals surface area (Å²) < 4.78 is 27.9. The molecule has 0 bridgehead atoms. The number of hydrogen-bond acceptors (Lipinski definition) is 4. The number of primary sulfonamides is 1. The molecule has 0 aliphatic heterocycles. The van der Waals surface area contributed by atoms with Crippen LogP contribution in [-0.4, -0.2) is 21.4 Å². The second-order valence-electron chi connectivity index (χ2n) is 4.88. The Morgan fingerprint density at radius 1 is 1.35 bits per heavy atom. The zero-order valence-electron chi connectivity index (χ0n) is 11.3. The van der Waals surface area contributed by atoms with Gasteiger partial charge in [0, 0.05) is 11.6 Å². The molecule has 1 aromatic rings. The molecular formula is C13H18N2O4S. The van der Waals surface area contributed by atoms with Crippen molar-refractivity contribution in [1.82, 2.24) is 0 Å². The van der Waals surface area contributed by atoms with Crippen molar-refractivity contribution in [1.29, 1.82) is 0 Å². The maximum Gasteiger partial charge on any atom is 0.241 e. The fourth-order valence-electron chi connectivity index (χ4n) is 2.41. The number of carbonyl (C=O) groups is 1. The molecule has 1 aliphatic carbocycles. The first-order valence-electron chi connectivity index (χ1n) is 6.43. The van der Waals surface area contributed by atoms with Crippen LogP contribution in [0.25, 0.3) is 0 Å². The van der Waals surface area contributed by atoms with Crippen molar-refractivity contribution in [2.75, 3.05) is 12.4 Å². The van der Waals surface area contributed by atoms with Crippen molar-refractivity contribution in [2.45, 2.75) is 30.6 Å². The molecule has 20 heavy (non-hydrogen) atoms. The average Bonchev–Trinajstić information content (AvgIpc) is 2.91. The minimum atomic E-state index is -3.90. The molecule has 2 rings (SSSR count). The molecule has 1 aromatic carbocycles. The molecule has 7 heteroatoms. The van der Waals surface area contributed by atoms with Gasteiger partial charge in [0.1, 0.15) is 10.6 Å². The molecule has 0 heterocycles. The predicted octanol–water partition coefficient (Wildman–Crippen LogP) is 1.47. The minimum absolute atomic E-state index is 0.00929. The molecule has 1 fully saturated rings. The number of methoxy groups -OCH3 is 1. The van der Waals surface area contributed by atoms with Gasteiger partial charge in [0.25, 0.3) is 0 Å². The van der Waals surface area contributed by atoms with Crippen LogP contribution in [0.2, 0.25) is 0 Å². The number of nitrogens with one attached hydrogen (secondary N) is 1. The fourth-order valence-corrected chi connectivity index (χ4v) is 3.13. The zero-order valence-corrected chi connectivity index (χ0v) is 12.1. The summed E-state index contributed by atoms with van der Waals surface area (Å²) in [7, 11) is -2.54. The van der Waals surface area contributed by atoms with E-state index in [1.54, 1.807) is 6.07 Å². The normalized spacial score (nSPS) is 16.1. The zero-order chi connectivity index (χ0) is 14.8. The van der Waals surface area contributed by atoms with E-state index in [9.17, 15) is 13.2 Å². The molecule has 1 aliphatic rings. The molecule has 0 aromatic heterocycles. The maximum atomic E-state index is 12.0. The van der Waals surface area contributed by atoms with Gasteiger partial charge in [-0.2, -0.15) is 0 Å². The van der Waals surface area contributed by atoms with Gasteiger partial charge in [-0.25, -0.2) is 13.6 Å². The first-order valence-corrected chi connectivity index (χ1v) is 7.98. The number of sulfonamides is 1. The van der Waals surface area contributed by atoms with Crippen molar-refractivity contribution >= 4 is 21.6 Å². The van der Waals surface area contributed by atoms with Gasteiger partial charge in [0.2, 0.25) is 15.9 Å². The average molecular weight is 298 g/mol. The van der Waals surface area contributed by atoms with Crippen LogP contribution in [0.3, 0.4) is 0 Å². The van der Waals surface area contributed by atoms with Crippen molar-refractivity contribution in [3.05, 3.63) is 18.2 Å². The molecule has 0 radical (unpaired) electrons. The maximum absolute atomic E-state index is 12.0. The Morgan fingerprint density at radius 2 is 2.00 bits per heavy atom. The first kappa shape index (κ1) is 14.8. The quantitative estimate of drug-likeness (QED) is 0.879. The molecule has 1 saturated carbocycles. The lowest BCUT2D eigenvalue weighted by atomic mass is 10.1. The Morgan fingerprint density at radius 3 is 2.55 bits per heavy atom. The Bertz CT molecular complexity index is 607. The summed E-state index contributed by atoms with van der Waals surface area (Å²) in [5, 5.41) is 7.87. The smallest absolute Gasteiger partial charge is 0.241 e. The van der Waals surface area contributed by atoms with Crippen LogP contribution >= 0.6 is 0 Å². The molecule has 1 amide bonds. The van der Waals surface area contributed by atoms with Gasteiger partial charge in [-0.1, -0.05) is 12.8 Å². The van der Waals surface area contributed by atoms with Crippen LogP contribution in [0.15, 0.2) is 23.1 Å². The number of rotatable bonds is 4. The third-order valence-electron chi connectivity index (χ3n) is 3.46. The van der Waals surface area contributed by atoms with E-state index in [-0.39, 0.29) is 22.5 Å². The standard InChI is InChI=1S/C13H18N2O4S/c1-19-11-7-6-10(8-12(11)20(14,17)18)15-13(16)9-4-2-3-5-9/h6-9H,2-5H2,1H3,(H,15,16)(H2,14,17,18). The number of anilines is 1. The van der Waals surface area contributed by atoms with Gasteiger partial charge in [-0.15, -0.1) is 0 Å². The Labute approximate surface area is 118 Å². The Kier molecular flexibility index (Phi) is 4.29. The number of nitrogens with two attached hydrogens (primary N) is 1. The summed E-state index contributed by atoms with van der Waals surface area (Å²) in [5.74, 6) is 0.0921. The van der Waals surface area contributed by atoms with E-state index in [1.807, 2.05) is 0 Å². The summed E-state index contributed by atoms with van der Waals surface area (Å²) in [5.41, 5.74) is 0.409. The van der Waals surface area contributed by atoms with Crippen LogP contribution in [0.4, 0.5) is 5.69 Å². The van der Waals surface area contributed by atoms with Crippen LogP contribution < -0.4 is 15.2 Å². The van der Waals surface area contributed by atoms with Gasteiger partial charge < -0.3 is 10.1 Å². The van der Waals surface area contributed by atoms with Gasteiger partial charge in [-0.05, 0) is 31.0 Å². The molecule has 6 nitrogen and oxygen atoms in total. The monoisotopic (exact) mass is 298 g/mol. The highest BCUT2D eigenvalue weighted by Gasteiger charge is 2.23. The summed E-state index contributed by atoms with van der Waals surface area (Å²) >= 11 is 0. The van der Waals surface area contributed by atoms with Gasteiger partial charge in [-0.3, -0.25) is 4.79 Å². The van der Waals surface area contributed by atoms with E-state index in [2.05, 4.69) is 5.32 Å². The van der Waals surface area contributed by atoms with Gasteiger partial charge in [0.15, 0.2) is 0 Å². The summed E-state index contributed by atoms with van der Waals surface area (Å²) in [6, 6.07) is 4.39. The first-order chi connectivity index (χ1) is 9.41. The molecule has 0 saturated heterocycles. The fraction of sp³-hybridized carbons (Fsp3) is 0.462. The van der Waals surface area contributed by atoms with Crippen molar-refractivity contribution in [3.63, 3.8) is 0 Å². The molecule has 0 atom stereocenters. The topological polar surface area (TPSA) is 98.5 Å². The molecule has 0 spiro atoms. The Hall–Kier alpha value is -1.60. The van der Waals surface area contributed by atoms with Gasteiger partial charge >= 0.3 is 0 Å². The number of ether oxygens (including phenoxy) is 1. The summed E-state index contributed by atoms with van der Waals surface area (Å²) in [6.45, 7) is 0. The second-order valence-corrected chi connectivity index (χ2v) is 6.41. The van der Waals surface area contributed by atoms with Crippen molar-refractivity contribution < 1.29 is 17.9 Å². The van der Waals surface area contributed by atoms with E-state index in [0.29, 0.717) is 5.69 Å². The highest BCUT2D eigenvalue weighted by Crippen LogP contribution is 2.29. The van der Waals surface area contributed by atoms with Crippen LogP contribution in [0.1, 0.15) is 25.7 Å². The van der Waals surface area contributed by atoms with Crippen LogP contribution in [0, 0.1) is 5.92 Å². The van der Waals surface area contributed by atoms with E-state index >= 15 is 0 Å². The van der Waals surface area contributed by atoms with Crippen LogP contribution in [-0.2, 0) is 14.8 Å². The third kappa shape index (κ3) is 3.29. The lowest BCUT2D eigenvalue weighted by Gasteiger charge is -2.12. The van der Waals surface area contributed by atoms with E-state index < -0.39 is 10.0 Å². The number of hydrogen-bond donors (Lipinski definition) is 2. The number of amides is 1. The lowest BCUT2D eigenvalue weighted by molar-refractivity contribution is -0.119. The largest absolute Gasteiger partial charge is 0.495 e. The van der Waals surface area contributed by atoms with E-state index in [1.165, 1.54) is 19.2 Å². The van der Waals surface area contributed by atoms with Crippen molar-refractivity contribution in [3.8, 4) is 5.75 Å². The second kappa shape index (κ2) is 5.80. The molecular weight excluding hydrogens is 280 g/mol. The summed E-state index contributed by atoms with van der Waals surface area (Å²) in [6.07, 6.45) is 3.88.